The first kappa shape index (κ1) is 37.0. The first-order valence-electron chi connectivity index (χ1n) is 16.7. The molecule has 4 atom stereocenters. The number of nitrogens with zero attached hydrogens (tertiary/aromatic N) is 2. The number of fused-ring (bicyclic) bond motifs is 1. The van der Waals surface area contributed by atoms with E-state index in [1.54, 1.807) is 73.3 Å². The maximum Gasteiger partial charge on any atom is 0.323 e. The molecule has 12 nitrogen and oxygen atoms in total. The van der Waals surface area contributed by atoms with Gasteiger partial charge in [-0.1, -0.05) is 25.1 Å². The highest BCUT2D eigenvalue weighted by atomic mass is 16.5. The van der Waals surface area contributed by atoms with Crippen molar-refractivity contribution >= 4 is 35.0 Å². The van der Waals surface area contributed by atoms with Gasteiger partial charge in [-0.25, -0.2) is 9.59 Å². The fourth-order valence-corrected chi connectivity index (χ4v) is 5.52. The zero-order valence-corrected chi connectivity index (χ0v) is 29.0. The Bertz CT molecular complexity index is 1520. The van der Waals surface area contributed by atoms with Crippen LogP contribution in [0.15, 0.2) is 72.8 Å². The molecule has 0 spiro atoms. The number of hydrogen-bond donors (Lipinski definition) is 4. The van der Waals surface area contributed by atoms with E-state index in [2.05, 4.69) is 16.0 Å². The van der Waals surface area contributed by atoms with Gasteiger partial charge in [0.15, 0.2) is 0 Å². The molecule has 4 N–H and O–H groups in total. The van der Waals surface area contributed by atoms with Crippen LogP contribution in [0.25, 0.3) is 0 Å². The van der Waals surface area contributed by atoms with Crippen LogP contribution in [0.3, 0.4) is 0 Å². The Balaban J connectivity index is 1.57. The third-order valence-electron chi connectivity index (χ3n) is 8.48. The van der Waals surface area contributed by atoms with Crippen LogP contribution in [0.5, 0.6) is 11.5 Å². The summed E-state index contributed by atoms with van der Waals surface area (Å²) in [4.78, 5) is 43.5. The van der Waals surface area contributed by atoms with Gasteiger partial charge in [-0.3, -0.25) is 4.79 Å². The molecule has 4 rings (SSSR count). The molecule has 5 amide bonds. The van der Waals surface area contributed by atoms with Crippen LogP contribution in [0, 0.1) is 5.92 Å². The number of amides is 5. The molecule has 0 bridgehead atoms. The first-order valence-corrected chi connectivity index (χ1v) is 16.7. The number of carbonyl (C=O) groups is 3. The quantitative estimate of drug-likeness (QED) is 0.220. The van der Waals surface area contributed by atoms with E-state index >= 15 is 0 Å². The molecule has 1 aliphatic heterocycles. The van der Waals surface area contributed by atoms with Crippen LogP contribution in [-0.2, 0) is 4.74 Å². The number of aliphatic hydroxyl groups is 1. The average molecular weight is 676 g/mol. The van der Waals surface area contributed by atoms with Gasteiger partial charge in [-0.05, 0) is 87.7 Å². The summed E-state index contributed by atoms with van der Waals surface area (Å²) in [6, 6.07) is 19.8. The third kappa shape index (κ3) is 10.8. The normalized spacial score (nSPS) is 19.3. The van der Waals surface area contributed by atoms with Gasteiger partial charge in [0.25, 0.3) is 5.91 Å². The summed E-state index contributed by atoms with van der Waals surface area (Å²) in [5.41, 5.74) is 1.92. The lowest BCUT2D eigenvalue weighted by molar-refractivity contribution is -0.0115. The van der Waals surface area contributed by atoms with Crippen molar-refractivity contribution in [1.29, 1.82) is 0 Å². The summed E-state index contributed by atoms with van der Waals surface area (Å²) in [7, 11) is 3.28. The number of methoxy groups -OCH3 is 1. The van der Waals surface area contributed by atoms with Crippen molar-refractivity contribution in [2.24, 2.45) is 5.92 Å². The Hall–Kier alpha value is -4.81. The molecule has 1 heterocycles. The van der Waals surface area contributed by atoms with Crippen molar-refractivity contribution in [2.75, 3.05) is 56.4 Å². The summed E-state index contributed by atoms with van der Waals surface area (Å²) < 4.78 is 17.8. The number of anilines is 3. The van der Waals surface area contributed by atoms with Crippen molar-refractivity contribution in [3.8, 4) is 11.5 Å². The fourth-order valence-electron chi connectivity index (χ4n) is 5.52. The number of para-hydroxylation sites is 1. The second-order valence-electron chi connectivity index (χ2n) is 12.5. The molecule has 3 aromatic carbocycles. The lowest BCUT2D eigenvalue weighted by atomic mass is 10.0. The van der Waals surface area contributed by atoms with Gasteiger partial charge in [0.05, 0.1) is 37.5 Å². The van der Waals surface area contributed by atoms with Gasteiger partial charge in [-0.15, -0.1) is 0 Å². The van der Waals surface area contributed by atoms with Crippen LogP contribution in [0.1, 0.15) is 50.4 Å². The van der Waals surface area contributed by atoms with Crippen LogP contribution in [0.2, 0.25) is 0 Å². The number of urea groups is 2. The van der Waals surface area contributed by atoms with E-state index in [0.717, 1.165) is 19.3 Å². The van der Waals surface area contributed by atoms with Gasteiger partial charge in [0.1, 0.15) is 11.5 Å². The maximum atomic E-state index is 14.4. The number of likely N-dealkylation sites (N-methyl/N-ethyl adjacent to an activating group) is 1. The molecular formula is C37H49N5O7. The van der Waals surface area contributed by atoms with Crippen LogP contribution >= 0.6 is 0 Å². The smallest absolute Gasteiger partial charge is 0.323 e. The number of benzene rings is 3. The van der Waals surface area contributed by atoms with E-state index in [0.29, 0.717) is 41.7 Å². The molecule has 12 heteroatoms. The number of ether oxygens (including phenoxy) is 3. The highest BCUT2D eigenvalue weighted by Gasteiger charge is 2.31. The minimum atomic E-state index is -0.539. The molecule has 0 fully saturated rings. The van der Waals surface area contributed by atoms with E-state index in [-0.39, 0.29) is 42.7 Å². The van der Waals surface area contributed by atoms with E-state index in [4.69, 9.17) is 14.2 Å². The molecule has 0 radical (unpaired) electrons. The van der Waals surface area contributed by atoms with Gasteiger partial charge < -0.3 is 45.1 Å². The molecule has 0 aliphatic carbocycles. The minimum Gasteiger partial charge on any atom is -0.497 e. The van der Waals surface area contributed by atoms with Crippen LogP contribution in [0.4, 0.5) is 26.7 Å². The van der Waals surface area contributed by atoms with Gasteiger partial charge in [-0.2, -0.15) is 0 Å². The average Bonchev–Trinajstić information content (AvgIpc) is 3.10. The van der Waals surface area contributed by atoms with Crippen molar-refractivity contribution in [1.82, 2.24) is 9.80 Å². The molecule has 0 saturated carbocycles. The summed E-state index contributed by atoms with van der Waals surface area (Å²) >= 11 is 0. The maximum absolute atomic E-state index is 14.4. The van der Waals surface area contributed by atoms with Gasteiger partial charge in [0, 0.05) is 49.7 Å². The van der Waals surface area contributed by atoms with Crippen molar-refractivity contribution < 1.29 is 33.7 Å². The molecule has 1 aliphatic rings. The van der Waals surface area contributed by atoms with Gasteiger partial charge in [0.2, 0.25) is 0 Å². The molecule has 264 valence electrons. The number of rotatable bonds is 8. The number of nitrogens with one attached hydrogen (secondary N) is 3. The third-order valence-corrected chi connectivity index (χ3v) is 8.48. The highest BCUT2D eigenvalue weighted by Crippen LogP contribution is 2.29. The van der Waals surface area contributed by atoms with Crippen molar-refractivity contribution in [3.05, 3.63) is 78.4 Å². The van der Waals surface area contributed by atoms with E-state index < -0.39 is 18.2 Å². The predicted molar refractivity (Wildman–Crippen MR) is 191 cm³/mol. The summed E-state index contributed by atoms with van der Waals surface area (Å²) in [6.07, 6.45) is 1.79. The molecule has 49 heavy (non-hydrogen) atoms. The molecular weight excluding hydrogens is 626 g/mol. The number of hydrogen-bond acceptors (Lipinski definition) is 7. The number of aliphatic hydroxyl groups excluding tert-OH is 1. The van der Waals surface area contributed by atoms with E-state index in [9.17, 15) is 19.5 Å². The van der Waals surface area contributed by atoms with Crippen molar-refractivity contribution in [2.45, 2.75) is 58.3 Å². The largest absolute Gasteiger partial charge is 0.497 e. The monoisotopic (exact) mass is 675 g/mol. The lowest BCUT2D eigenvalue weighted by Crippen LogP contribution is -2.48. The van der Waals surface area contributed by atoms with Gasteiger partial charge >= 0.3 is 12.1 Å². The topological polar surface area (TPSA) is 142 Å². The molecule has 0 unspecified atom stereocenters. The van der Waals surface area contributed by atoms with Crippen molar-refractivity contribution in [3.63, 3.8) is 0 Å². The zero-order chi connectivity index (χ0) is 35.3. The Morgan fingerprint density at radius 3 is 2.35 bits per heavy atom. The highest BCUT2D eigenvalue weighted by molar-refractivity contribution is 6.02. The number of carbonyl (C=O) groups excluding carboxylic acids is 3. The second kappa shape index (κ2) is 18.1. The van der Waals surface area contributed by atoms with Crippen LogP contribution < -0.4 is 25.4 Å². The minimum absolute atomic E-state index is 0.196. The second-order valence-corrected chi connectivity index (χ2v) is 12.5. The van der Waals surface area contributed by atoms with E-state index in [1.807, 2.05) is 44.2 Å². The summed E-state index contributed by atoms with van der Waals surface area (Å²) in [5.74, 6) is 0.483. The van der Waals surface area contributed by atoms with E-state index in [1.165, 1.54) is 0 Å². The predicted octanol–water partition coefficient (Wildman–Crippen LogP) is 6.30. The first-order chi connectivity index (χ1) is 23.6. The zero-order valence-electron chi connectivity index (χ0n) is 29.0. The Morgan fingerprint density at radius 2 is 1.65 bits per heavy atom. The molecule has 3 aromatic rings. The lowest BCUT2D eigenvalue weighted by Gasteiger charge is -2.35. The summed E-state index contributed by atoms with van der Waals surface area (Å²) in [6.45, 7) is 6.46. The Labute approximate surface area is 288 Å². The Kier molecular flexibility index (Phi) is 13.7. The summed E-state index contributed by atoms with van der Waals surface area (Å²) in [5, 5.41) is 18.7. The SMILES string of the molecule is COc1ccc(NC(=O)Nc2ccc3c(c2)C(=O)N([C@@H](C)CO)C[C@@H](C)[C@@H](CN(C)C(=O)Nc2ccccc2)OCCCC[C@H](C)O3)cc1. The molecule has 0 saturated heterocycles. The Morgan fingerprint density at radius 1 is 0.980 bits per heavy atom. The fraction of sp³-hybridized carbons (Fsp3) is 0.432. The standard InChI is InChI=1S/C37H49N5O7/c1-25-22-42(26(2)24-43)35(44)32-21-30(39-36(45)38-29-14-17-31(47-5)18-15-29)16-19-33(32)49-27(3)11-9-10-20-48-34(25)23-41(4)37(46)40-28-12-7-6-8-13-28/h6-8,12-19,21,25-27,34,43H,9-11,20,22-24H2,1-5H3,(H,40,46)(H2,38,39,45)/t25-,26+,27+,34-/m1/s1. The van der Waals surface area contributed by atoms with Crippen LogP contribution in [-0.4, -0.2) is 91.6 Å². The molecule has 0 aromatic heterocycles.